The Hall–Kier alpha value is -1.06. The van der Waals surface area contributed by atoms with Crippen molar-refractivity contribution in [2.75, 3.05) is 6.61 Å². The maximum atomic E-state index is 11.0. The maximum Gasteiger partial charge on any atom is 0.344 e. The van der Waals surface area contributed by atoms with Crippen molar-refractivity contribution in [1.82, 2.24) is 0 Å². The zero-order chi connectivity index (χ0) is 10.4. The van der Waals surface area contributed by atoms with Gasteiger partial charge < -0.3 is 9.47 Å². The number of hydrogen-bond donors (Lipinski definition) is 0. The second kappa shape index (κ2) is 5.56. The van der Waals surface area contributed by atoms with Crippen molar-refractivity contribution in [1.29, 1.82) is 0 Å². The molecule has 0 aromatic carbocycles. The molecule has 4 nitrogen and oxygen atoms in total. The van der Waals surface area contributed by atoms with E-state index in [0.29, 0.717) is 0 Å². The first-order valence-corrected chi connectivity index (χ1v) is 4.26. The van der Waals surface area contributed by atoms with Crippen molar-refractivity contribution in [3.05, 3.63) is 0 Å². The van der Waals surface area contributed by atoms with Crippen molar-refractivity contribution in [2.45, 2.75) is 33.8 Å². The third kappa shape index (κ3) is 6.13. The predicted molar refractivity (Wildman–Crippen MR) is 47.0 cm³/mol. The van der Waals surface area contributed by atoms with Gasteiger partial charge in [-0.05, 0) is 12.8 Å². The van der Waals surface area contributed by atoms with Crippen LogP contribution in [0.1, 0.15) is 27.7 Å². The fourth-order valence-electron chi connectivity index (χ4n) is 0.538. The second-order valence-corrected chi connectivity index (χ2v) is 3.22. The molecule has 0 aliphatic carbocycles. The summed E-state index contributed by atoms with van der Waals surface area (Å²) in [5, 5.41) is 0. The molecule has 0 rings (SSSR count). The third-order valence-electron chi connectivity index (χ3n) is 1.65. The first-order valence-electron chi connectivity index (χ1n) is 4.26. The smallest absolute Gasteiger partial charge is 0.344 e. The van der Waals surface area contributed by atoms with Gasteiger partial charge in [0.2, 0.25) is 0 Å². The van der Waals surface area contributed by atoms with Crippen LogP contribution in [0.3, 0.4) is 0 Å². The molecule has 1 unspecified atom stereocenters. The van der Waals surface area contributed by atoms with Crippen molar-refractivity contribution in [3.8, 4) is 0 Å². The summed E-state index contributed by atoms with van der Waals surface area (Å²) in [5.74, 6) is -0.716. The van der Waals surface area contributed by atoms with Crippen molar-refractivity contribution >= 4 is 11.9 Å². The molecule has 0 spiro atoms. The van der Waals surface area contributed by atoms with Crippen LogP contribution in [0, 0.1) is 5.92 Å². The van der Waals surface area contributed by atoms with Gasteiger partial charge in [0.1, 0.15) is 6.10 Å². The normalized spacial score (nSPS) is 12.4. The molecular formula is C9H16O4. The van der Waals surface area contributed by atoms with Crippen LogP contribution in [-0.2, 0) is 19.1 Å². The van der Waals surface area contributed by atoms with Gasteiger partial charge in [-0.3, -0.25) is 4.79 Å². The highest BCUT2D eigenvalue weighted by Crippen LogP contribution is 2.05. The lowest BCUT2D eigenvalue weighted by molar-refractivity contribution is -0.162. The lowest BCUT2D eigenvalue weighted by Gasteiger charge is -2.16. The third-order valence-corrected chi connectivity index (χ3v) is 1.65. The summed E-state index contributed by atoms with van der Waals surface area (Å²) in [6.07, 6.45) is -0.150. The zero-order valence-corrected chi connectivity index (χ0v) is 8.49. The lowest BCUT2D eigenvalue weighted by Crippen LogP contribution is -2.23. The Morgan fingerprint density at radius 2 is 1.77 bits per heavy atom. The predicted octanol–water partition coefficient (Wildman–Crippen LogP) is 1.14. The van der Waals surface area contributed by atoms with E-state index in [4.69, 9.17) is 4.74 Å². The summed E-state index contributed by atoms with van der Waals surface area (Å²) in [7, 11) is 0. The van der Waals surface area contributed by atoms with Gasteiger partial charge in [-0.2, -0.15) is 0 Å². The van der Waals surface area contributed by atoms with Crippen LogP contribution in [0.25, 0.3) is 0 Å². The average molecular weight is 188 g/mol. The fourth-order valence-corrected chi connectivity index (χ4v) is 0.538. The molecule has 0 fully saturated rings. The number of rotatable bonds is 4. The lowest BCUT2D eigenvalue weighted by atomic mass is 10.1. The van der Waals surface area contributed by atoms with Crippen LogP contribution in [0.4, 0.5) is 0 Å². The molecule has 4 heteroatoms. The monoisotopic (exact) mass is 188 g/mol. The van der Waals surface area contributed by atoms with Gasteiger partial charge in [-0.15, -0.1) is 0 Å². The van der Waals surface area contributed by atoms with Crippen LogP contribution in [0.5, 0.6) is 0 Å². The summed E-state index contributed by atoms with van der Waals surface area (Å²) in [6, 6.07) is 0. The second-order valence-electron chi connectivity index (χ2n) is 3.22. The van der Waals surface area contributed by atoms with Gasteiger partial charge in [0.05, 0.1) is 0 Å². The van der Waals surface area contributed by atoms with Crippen LogP contribution < -0.4 is 0 Å². The molecule has 0 radical (unpaired) electrons. The molecule has 0 bridgehead atoms. The van der Waals surface area contributed by atoms with E-state index in [1.54, 1.807) is 6.92 Å². The maximum absolute atomic E-state index is 11.0. The highest BCUT2D eigenvalue weighted by atomic mass is 16.6. The molecular weight excluding hydrogens is 172 g/mol. The first-order chi connectivity index (χ1) is 5.93. The van der Waals surface area contributed by atoms with Crippen LogP contribution in [0.2, 0.25) is 0 Å². The minimum Gasteiger partial charge on any atom is -0.460 e. The minimum atomic E-state index is -0.503. The molecule has 0 amide bonds. The summed E-state index contributed by atoms with van der Waals surface area (Å²) in [6.45, 7) is 6.65. The molecule has 0 saturated carbocycles. The van der Waals surface area contributed by atoms with Gasteiger partial charge in [-0.1, -0.05) is 13.8 Å². The summed E-state index contributed by atoms with van der Waals surface area (Å²) >= 11 is 0. The van der Waals surface area contributed by atoms with Gasteiger partial charge >= 0.3 is 11.9 Å². The Kier molecular flexibility index (Phi) is 5.11. The Bertz CT molecular complexity index is 186. The quantitative estimate of drug-likeness (QED) is 0.621. The molecule has 0 aliphatic rings. The SMILES string of the molecule is CC(=O)OCC(=O)OC(C)C(C)C. The van der Waals surface area contributed by atoms with Crippen LogP contribution in [0.15, 0.2) is 0 Å². The zero-order valence-electron chi connectivity index (χ0n) is 8.49. The van der Waals surface area contributed by atoms with Crippen molar-refractivity contribution < 1.29 is 19.1 Å². The van der Waals surface area contributed by atoms with E-state index in [-0.39, 0.29) is 18.6 Å². The Labute approximate surface area is 78.2 Å². The number of esters is 2. The summed E-state index contributed by atoms with van der Waals surface area (Å²) in [5.41, 5.74) is 0. The minimum absolute atomic E-state index is 0.150. The molecule has 0 aromatic heterocycles. The molecule has 13 heavy (non-hydrogen) atoms. The Morgan fingerprint density at radius 1 is 1.23 bits per heavy atom. The number of ether oxygens (including phenoxy) is 2. The van der Waals surface area contributed by atoms with E-state index in [1.165, 1.54) is 6.92 Å². The van der Waals surface area contributed by atoms with Crippen LogP contribution in [-0.4, -0.2) is 24.6 Å². The highest BCUT2D eigenvalue weighted by Gasteiger charge is 2.13. The fraction of sp³-hybridized carbons (Fsp3) is 0.778. The van der Waals surface area contributed by atoms with E-state index in [2.05, 4.69) is 4.74 Å². The largest absolute Gasteiger partial charge is 0.460 e. The number of carbonyl (C=O) groups is 2. The van der Waals surface area contributed by atoms with Gasteiger partial charge in [0, 0.05) is 6.92 Å². The van der Waals surface area contributed by atoms with Gasteiger partial charge in [-0.25, -0.2) is 4.79 Å². The molecule has 0 N–H and O–H groups in total. The molecule has 76 valence electrons. The van der Waals surface area contributed by atoms with E-state index >= 15 is 0 Å². The van der Waals surface area contributed by atoms with E-state index < -0.39 is 11.9 Å². The highest BCUT2D eigenvalue weighted by molar-refractivity contribution is 5.75. The molecule has 0 aliphatic heterocycles. The number of carbonyl (C=O) groups excluding carboxylic acids is 2. The van der Waals surface area contributed by atoms with Gasteiger partial charge in [0.25, 0.3) is 0 Å². The molecule has 0 saturated heterocycles. The van der Waals surface area contributed by atoms with Crippen molar-refractivity contribution in [2.24, 2.45) is 5.92 Å². The molecule has 0 heterocycles. The van der Waals surface area contributed by atoms with E-state index in [1.807, 2.05) is 13.8 Å². The average Bonchev–Trinajstić information content (AvgIpc) is 2.00. The molecule has 1 atom stereocenters. The summed E-state index contributed by atoms with van der Waals surface area (Å²) < 4.78 is 9.42. The standard InChI is InChI=1S/C9H16O4/c1-6(2)7(3)13-9(11)5-12-8(4)10/h6-7H,5H2,1-4H3. The molecule has 0 aromatic rings. The topological polar surface area (TPSA) is 52.6 Å². The number of hydrogen-bond acceptors (Lipinski definition) is 4. The van der Waals surface area contributed by atoms with Gasteiger partial charge in [0.15, 0.2) is 6.61 Å². The van der Waals surface area contributed by atoms with E-state index in [0.717, 1.165) is 0 Å². The van der Waals surface area contributed by atoms with E-state index in [9.17, 15) is 9.59 Å². The Morgan fingerprint density at radius 3 is 2.15 bits per heavy atom. The van der Waals surface area contributed by atoms with Crippen LogP contribution >= 0.6 is 0 Å². The van der Waals surface area contributed by atoms with Crippen molar-refractivity contribution in [3.63, 3.8) is 0 Å². The Balaban J connectivity index is 3.68. The first kappa shape index (κ1) is 11.9. The summed E-state index contributed by atoms with van der Waals surface area (Å²) in [4.78, 5) is 21.3.